The summed E-state index contributed by atoms with van der Waals surface area (Å²) in [5, 5.41) is 10.1. The van der Waals surface area contributed by atoms with Crippen molar-refractivity contribution < 1.29 is 36.6 Å². The number of halogens is 4. The Kier molecular flexibility index (Phi) is 5.19. The monoisotopic (exact) mass is 426 g/mol. The maximum atomic E-state index is 13.3. The summed E-state index contributed by atoms with van der Waals surface area (Å²) in [4.78, 5) is 12.5. The molecule has 1 aliphatic carbocycles. The molecule has 2 aromatic rings. The number of benzene rings is 1. The van der Waals surface area contributed by atoms with E-state index < -0.39 is 35.9 Å². The van der Waals surface area contributed by atoms with E-state index in [2.05, 4.69) is 0 Å². The lowest BCUT2D eigenvalue weighted by Gasteiger charge is -2.30. The molecule has 4 rings (SSSR count). The number of aliphatic hydroxyl groups is 1. The quantitative estimate of drug-likeness (QED) is 0.693. The molecule has 0 saturated carbocycles. The molecule has 1 aromatic carbocycles. The summed E-state index contributed by atoms with van der Waals surface area (Å²) in [5.74, 6) is -0.800. The van der Waals surface area contributed by atoms with E-state index in [1.165, 1.54) is 23.3 Å². The van der Waals surface area contributed by atoms with Crippen molar-refractivity contribution >= 4 is 5.91 Å². The van der Waals surface area contributed by atoms with E-state index in [1.54, 1.807) is 0 Å². The summed E-state index contributed by atoms with van der Waals surface area (Å²) in [5.41, 5.74) is 0.103. The lowest BCUT2D eigenvalue weighted by Crippen LogP contribution is -2.56. The standard InChI is InChI=1S/C20H18F4N2O4/c21-17(22)15-9-20(28,19(23)24)26(25-15)18(27)16-7-6-14(30-16)10-29-13-5-4-11-2-1-3-12(11)8-13/h4-9,17,19,25,28H,1-3,10H2. The van der Waals surface area contributed by atoms with Crippen LogP contribution in [0.4, 0.5) is 17.6 Å². The van der Waals surface area contributed by atoms with Gasteiger partial charge in [0.15, 0.2) is 5.76 Å². The highest BCUT2D eigenvalue weighted by atomic mass is 19.3. The molecule has 0 saturated heterocycles. The molecule has 0 fully saturated rings. The Labute approximate surface area is 168 Å². The molecule has 1 amide bonds. The number of amides is 1. The summed E-state index contributed by atoms with van der Waals surface area (Å²) >= 11 is 0. The number of nitrogens with zero attached hydrogens (tertiary/aromatic N) is 1. The molecule has 0 spiro atoms. The van der Waals surface area contributed by atoms with E-state index in [0.29, 0.717) is 5.75 Å². The molecular formula is C20H18F4N2O4. The van der Waals surface area contributed by atoms with Gasteiger partial charge in [0.1, 0.15) is 18.1 Å². The third-order valence-corrected chi connectivity index (χ3v) is 5.05. The molecule has 10 heteroatoms. The number of carbonyl (C=O) groups is 1. The Morgan fingerprint density at radius 1 is 1.20 bits per heavy atom. The smallest absolute Gasteiger partial charge is 0.311 e. The van der Waals surface area contributed by atoms with E-state index in [0.717, 1.165) is 19.3 Å². The number of fused-ring (bicyclic) bond motifs is 1. The van der Waals surface area contributed by atoms with Crippen LogP contribution in [0.2, 0.25) is 0 Å². The molecule has 30 heavy (non-hydrogen) atoms. The fourth-order valence-electron chi connectivity index (χ4n) is 3.50. The SMILES string of the molecule is O=C(c1ccc(COc2ccc3c(c2)CCC3)o1)N1NC(C(F)F)=CC1(O)C(F)F. The summed E-state index contributed by atoms with van der Waals surface area (Å²) < 4.78 is 63.3. The zero-order valence-electron chi connectivity index (χ0n) is 15.6. The molecule has 160 valence electrons. The minimum Gasteiger partial charge on any atom is -0.486 e. The number of rotatable bonds is 6. The zero-order valence-corrected chi connectivity index (χ0v) is 15.6. The highest BCUT2D eigenvalue weighted by Crippen LogP contribution is 2.32. The van der Waals surface area contributed by atoms with Gasteiger partial charge in [-0.3, -0.25) is 10.2 Å². The van der Waals surface area contributed by atoms with E-state index in [-0.39, 0.29) is 23.5 Å². The second kappa shape index (κ2) is 7.67. The third kappa shape index (κ3) is 3.62. The van der Waals surface area contributed by atoms with Crippen molar-refractivity contribution in [2.24, 2.45) is 0 Å². The van der Waals surface area contributed by atoms with Crippen LogP contribution in [0.25, 0.3) is 0 Å². The number of furan rings is 1. The second-order valence-electron chi connectivity index (χ2n) is 7.08. The first-order valence-electron chi connectivity index (χ1n) is 9.24. The number of allylic oxidation sites excluding steroid dienone is 1. The van der Waals surface area contributed by atoms with E-state index in [9.17, 15) is 27.5 Å². The minimum absolute atomic E-state index is 0.0286. The van der Waals surface area contributed by atoms with Gasteiger partial charge in [0.2, 0.25) is 5.72 Å². The molecule has 1 unspecified atom stereocenters. The molecule has 0 bridgehead atoms. The number of carbonyl (C=O) groups excluding carboxylic acids is 1. The molecule has 6 nitrogen and oxygen atoms in total. The Hall–Kier alpha value is -3.01. The Morgan fingerprint density at radius 3 is 2.70 bits per heavy atom. The number of aryl methyl sites for hydroxylation is 2. The van der Waals surface area contributed by atoms with Gasteiger partial charge in [-0.05, 0) is 54.7 Å². The topological polar surface area (TPSA) is 74.9 Å². The van der Waals surface area contributed by atoms with Crippen LogP contribution < -0.4 is 10.2 Å². The van der Waals surface area contributed by atoms with Crippen molar-refractivity contribution in [1.82, 2.24) is 10.4 Å². The van der Waals surface area contributed by atoms with Gasteiger partial charge >= 0.3 is 5.91 Å². The third-order valence-electron chi connectivity index (χ3n) is 5.05. The summed E-state index contributed by atoms with van der Waals surface area (Å²) in [6.07, 6.45) is -3.36. The minimum atomic E-state index is -3.53. The van der Waals surface area contributed by atoms with E-state index >= 15 is 0 Å². The van der Waals surface area contributed by atoms with Crippen LogP contribution in [0, 0.1) is 0 Å². The van der Waals surface area contributed by atoms with Crippen LogP contribution in [0.15, 0.2) is 46.5 Å². The normalized spacial score (nSPS) is 20.5. The summed E-state index contributed by atoms with van der Waals surface area (Å²) in [6, 6.07) is 8.35. The fraction of sp³-hybridized carbons (Fsp3) is 0.350. The van der Waals surface area contributed by atoms with Crippen LogP contribution >= 0.6 is 0 Å². The second-order valence-corrected chi connectivity index (χ2v) is 7.08. The summed E-state index contributed by atoms with van der Waals surface area (Å²) in [7, 11) is 0. The van der Waals surface area contributed by atoms with Crippen LogP contribution in [0.1, 0.15) is 33.9 Å². The molecule has 1 aliphatic heterocycles. The average molecular weight is 426 g/mol. The Balaban J connectivity index is 1.45. The first-order valence-corrected chi connectivity index (χ1v) is 9.24. The first-order chi connectivity index (χ1) is 14.3. The molecule has 0 radical (unpaired) electrons. The number of hydrazine groups is 1. The molecule has 2 heterocycles. The maximum Gasteiger partial charge on any atom is 0.311 e. The summed E-state index contributed by atoms with van der Waals surface area (Å²) in [6.45, 7) is -0.0286. The fourth-order valence-corrected chi connectivity index (χ4v) is 3.50. The average Bonchev–Trinajstić information content (AvgIpc) is 3.44. The molecular weight excluding hydrogens is 408 g/mol. The van der Waals surface area contributed by atoms with E-state index in [1.807, 2.05) is 23.6 Å². The molecule has 1 atom stereocenters. The maximum absolute atomic E-state index is 13.3. The van der Waals surface area contributed by atoms with Crippen molar-refractivity contribution in [2.45, 2.75) is 44.4 Å². The highest BCUT2D eigenvalue weighted by Gasteiger charge is 2.51. The van der Waals surface area contributed by atoms with Crippen molar-refractivity contribution in [3.8, 4) is 5.75 Å². The molecule has 1 aromatic heterocycles. The lowest BCUT2D eigenvalue weighted by molar-refractivity contribution is -0.147. The van der Waals surface area contributed by atoms with Gasteiger partial charge in [0.25, 0.3) is 12.9 Å². The predicted octanol–water partition coefficient (Wildman–Crippen LogP) is 3.41. The van der Waals surface area contributed by atoms with Crippen molar-refractivity contribution in [1.29, 1.82) is 0 Å². The van der Waals surface area contributed by atoms with Crippen molar-refractivity contribution in [3.63, 3.8) is 0 Å². The van der Waals surface area contributed by atoms with Gasteiger partial charge in [-0.25, -0.2) is 22.6 Å². The van der Waals surface area contributed by atoms with Crippen molar-refractivity contribution in [3.05, 3.63) is 64.8 Å². The molecule has 2 N–H and O–H groups in total. The first kappa shape index (κ1) is 20.3. The van der Waals surface area contributed by atoms with Crippen LogP contribution in [0.3, 0.4) is 0 Å². The number of nitrogens with one attached hydrogen (secondary N) is 1. The number of alkyl halides is 4. The Morgan fingerprint density at radius 2 is 1.97 bits per heavy atom. The van der Waals surface area contributed by atoms with Crippen molar-refractivity contribution in [2.75, 3.05) is 0 Å². The number of hydrogen-bond acceptors (Lipinski definition) is 5. The van der Waals surface area contributed by atoms with Gasteiger partial charge in [-0.1, -0.05) is 6.07 Å². The van der Waals surface area contributed by atoms with Gasteiger partial charge in [-0.2, -0.15) is 0 Å². The number of ether oxygens (including phenoxy) is 1. The lowest BCUT2D eigenvalue weighted by atomic mass is 10.1. The van der Waals surface area contributed by atoms with Crippen LogP contribution in [0.5, 0.6) is 5.75 Å². The largest absolute Gasteiger partial charge is 0.486 e. The Bertz CT molecular complexity index is 991. The zero-order chi connectivity index (χ0) is 21.5. The van der Waals surface area contributed by atoms with Gasteiger partial charge in [0, 0.05) is 6.08 Å². The van der Waals surface area contributed by atoms with Crippen LogP contribution in [-0.2, 0) is 19.4 Å². The van der Waals surface area contributed by atoms with Gasteiger partial charge in [-0.15, -0.1) is 0 Å². The van der Waals surface area contributed by atoms with Gasteiger partial charge in [0.05, 0.1) is 5.70 Å². The van der Waals surface area contributed by atoms with Gasteiger partial charge < -0.3 is 14.3 Å². The van der Waals surface area contributed by atoms with Crippen LogP contribution in [-0.4, -0.2) is 34.6 Å². The predicted molar refractivity (Wildman–Crippen MR) is 95.9 cm³/mol. The van der Waals surface area contributed by atoms with E-state index in [4.69, 9.17) is 9.15 Å². The molecule has 2 aliphatic rings. The number of hydrogen-bond donors (Lipinski definition) is 2. The highest BCUT2D eigenvalue weighted by molar-refractivity contribution is 5.92.